The Kier molecular flexibility index (Phi) is 5.28. The molecule has 0 fully saturated rings. The fraction of sp³-hybridized carbons (Fsp3) is 0.200. The highest BCUT2D eigenvalue weighted by molar-refractivity contribution is 5.96. The third-order valence-corrected chi connectivity index (χ3v) is 5.31. The molecule has 1 heterocycles. The molecule has 0 aliphatic heterocycles. The predicted octanol–water partition coefficient (Wildman–Crippen LogP) is 6.50. The monoisotopic (exact) mass is 438 g/mol. The number of hydrogen-bond acceptors (Lipinski definition) is 3. The van der Waals surface area contributed by atoms with Crippen molar-refractivity contribution in [1.82, 2.24) is 9.78 Å². The number of carbonyl (C=O) groups is 1. The molecule has 4 aromatic rings. The topological polar surface area (TPSA) is 44.1 Å². The van der Waals surface area contributed by atoms with E-state index in [4.69, 9.17) is 5.10 Å². The van der Waals surface area contributed by atoms with E-state index in [1.165, 1.54) is 13.8 Å². The molecule has 3 aromatic carbocycles. The molecule has 0 unspecified atom stereocenters. The lowest BCUT2D eigenvalue weighted by Crippen LogP contribution is -2.33. The van der Waals surface area contributed by atoms with Gasteiger partial charge in [0.1, 0.15) is 5.69 Å². The number of rotatable bonds is 5. The van der Waals surface area contributed by atoms with E-state index in [9.17, 15) is 18.0 Å². The number of carbonyl (C=O) groups excluding carboxylic acids is 1. The lowest BCUT2D eigenvalue weighted by atomic mass is 9.93. The summed E-state index contributed by atoms with van der Waals surface area (Å²) < 4.78 is 44.4. The van der Waals surface area contributed by atoms with Crippen LogP contribution >= 0.6 is 0 Å². The maximum atomic E-state index is 12.7. The van der Waals surface area contributed by atoms with Crippen molar-refractivity contribution < 1.29 is 22.7 Å². The minimum atomic E-state index is -4.80. The minimum Gasteiger partial charge on any atom is -0.422 e. The fourth-order valence-corrected chi connectivity index (χ4v) is 3.54. The van der Waals surface area contributed by atoms with Gasteiger partial charge in [0.2, 0.25) is 5.76 Å². The van der Waals surface area contributed by atoms with E-state index in [0.29, 0.717) is 0 Å². The zero-order chi connectivity index (χ0) is 23.1. The number of aromatic nitrogens is 2. The van der Waals surface area contributed by atoms with Crippen LogP contribution in [0.2, 0.25) is 0 Å². The van der Waals surface area contributed by atoms with Gasteiger partial charge in [0, 0.05) is 10.9 Å². The molecule has 4 rings (SSSR count). The van der Waals surface area contributed by atoms with Gasteiger partial charge in [0.25, 0.3) is 0 Å². The molecule has 0 atom stereocenters. The van der Waals surface area contributed by atoms with Crippen LogP contribution in [0.25, 0.3) is 32.9 Å². The summed E-state index contributed by atoms with van der Waals surface area (Å²) >= 11 is 0. The zero-order valence-corrected chi connectivity index (χ0v) is 17.6. The Morgan fingerprint density at radius 1 is 1.00 bits per heavy atom. The van der Waals surface area contributed by atoms with Crippen molar-refractivity contribution in [3.8, 4) is 11.3 Å². The number of esters is 1. The quantitative estimate of drug-likeness (QED) is 0.264. The number of alkyl halides is 3. The molecule has 0 N–H and O–H groups in total. The summed E-state index contributed by atoms with van der Waals surface area (Å²) in [5, 5.41) is 7.78. The van der Waals surface area contributed by atoms with Gasteiger partial charge in [-0.1, -0.05) is 61.2 Å². The number of nitrogens with zero attached hydrogens (tertiary/aromatic N) is 2. The first kappa shape index (κ1) is 21.6. The molecule has 0 aliphatic rings. The van der Waals surface area contributed by atoms with Crippen LogP contribution < -0.4 is 0 Å². The number of hydrogen-bond donors (Lipinski definition) is 0. The van der Waals surface area contributed by atoms with E-state index in [1.807, 2.05) is 66.7 Å². The maximum Gasteiger partial charge on any atom is 0.449 e. The molecule has 0 saturated heterocycles. The Morgan fingerprint density at radius 3 is 2.38 bits per heavy atom. The average Bonchev–Trinajstić information content (AvgIpc) is 3.10. The van der Waals surface area contributed by atoms with Crippen molar-refractivity contribution in [2.75, 3.05) is 0 Å². The Balaban J connectivity index is 1.71. The van der Waals surface area contributed by atoms with E-state index in [0.717, 1.165) is 32.9 Å². The van der Waals surface area contributed by atoms with Gasteiger partial charge in [-0.3, -0.25) is 9.48 Å². The Bertz CT molecular complexity index is 1340. The van der Waals surface area contributed by atoms with Crippen LogP contribution in [0.5, 0.6) is 0 Å². The van der Waals surface area contributed by atoms with Crippen LogP contribution in [-0.4, -0.2) is 21.9 Å². The summed E-state index contributed by atoms with van der Waals surface area (Å²) in [6.07, 6.45) is -4.80. The molecule has 0 aliphatic carbocycles. The van der Waals surface area contributed by atoms with Gasteiger partial charge in [-0.25, -0.2) is 0 Å². The standard InChI is InChI=1S/C25H21F3N2O2/c1-16(25(26,27)28)32-23(31)24(2,3)15-30-21-11-7-6-10-20(21)22(29-30)19-13-12-17-8-4-5-9-18(17)14-19/h4-14H,1,15H2,2-3H3. The smallest absolute Gasteiger partial charge is 0.422 e. The largest absolute Gasteiger partial charge is 0.449 e. The summed E-state index contributed by atoms with van der Waals surface area (Å²) in [6, 6.07) is 21.6. The van der Waals surface area contributed by atoms with Gasteiger partial charge < -0.3 is 4.74 Å². The molecule has 4 nitrogen and oxygen atoms in total. The zero-order valence-electron chi connectivity index (χ0n) is 17.6. The number of para-hydroxylation sites is 1. The Morgan fingerprint density at radius 2 is 1.66 bits per heavy atom. The van der Waals surface area contributed by atoms with Crippen molar-refractivity contribution >= 4 is 27.6 Å². The summed E-state index contributed by atoms with van der Waals surface area (Å²) in [5.41, 5.74) is 1.13. The van der Waals surface area contributed by atoms with Crippen LogP contribution in [0.3, 0.4) is 0 Å². The Labute approximate surface area is 182 Å². The molecule has 0 radical (unpaired) electrons. The highest BCUT2D eigenvalue weighted by Gasteiger charge is 2.39. The predicted molar refractivity (Wildman–Crippen MR) is 118 cm³/mol. The lowest BCUT2D eigenvalue weighted by Gasteiger charge is -2.23. The third kappa shape index (κ3) is 4.10. The Hall–Kier alpha value is -3.61. The van der Waals surface area contributed by atoms with Crippen molar-refractivity contribution in [3.63, 3.8) is 0 Å². The third-order valence-electron chi connectivity index (χ3n) is 5.31. The molecule has 32 heavy (non-hydrogen) atoms. The van der Waals surface area contributed by atoms with Gasteiger partial charge >= 0.3 is 12.1 Å². The molecule has 7 heteroatoms. The SMILES string of the molecule is C=C(OC(=O)C(C)(C)Cn1nc(-c2ccc3ccccc3c2)c2ccccc21)C(F)(F)F. The van der Waals surface area contributed by atoms with Gasteiger partial charge in [-0.05, 0) is 36.8 Å². The van der Waals surface area contributed by atoms with Crippen LogP contribution in [0.4, 0.5) is 13.2 Å². The molecule has 0 spiro atoms. The molecule has 0 bridgehead atoms. The normalized spacial score (nSPS) is 12.3. The van der Waals surface area contributed by atoms with E-state index >= 15 is 0 Å². The van der Waals surface area contributed by atoms with Gasteiger partial charge in [0.05, 0.1) is 17.5 Å². The molecular weight excluding hydrogens is 417 g/mol. The number of allylic oxidation sites excluding steroid dienone is 1. The van der Waals surface area contributed by atoms with Crippen molar-refractivity contribution in [1.29, 1.82) is 0 Å². The number of benzene rings is 3. The van der Waals surface area contributed by atoms with E-state index in [1.54, 1.807) is 4.68 Å². The van der Waals surface area contributed by atoms with Crippen LogP contribution in [0.1, 0.15) is 13.8 Å². The minimum absolute atomic E-state index is 0.0328. The highest BCUT2D eigenvalue weighted by Crippen LogP contribution is 2.33. The van der Waals surface area contributed by atoms with Gasteiger partial charge in [0.15, 0.2) is 0 Å². The number of fused-ring (bicyclic) bond motifs is 2. The first-order valence-electron chi connectivity index (χ1n) is 9.99. The van der Waals surface area contributed by atoms with Crippen LogP contribution in [-0.2, 0) is 16.1 Å². The summed E-state index contributed by atoms with van der Waals surface area (Å²) in [7, 11) is 0. The lowest BCUT2D eigenvalue weighted by molar-refractivity contribution is -0.168. The van der Waals surface area contributed by atoms with Crippen LogP contribution in [0.15, 0.2) is 79.1 Å². The van der Waals surface area contributed by atoms with E-state index < -0.39 is 23.3 Å². The molecular formula is C25H21F3N2O2. The fourth-order valence-electron chi connectivity index (χ4n) is 3.54. The molecule has 0 saturated carbocycles. The second kappa shape index (κ2) is 7.82. The first-order valence-corrected chi connectivity index (χ1v) is 9.99. The first-order chi connectivity index (χ1) is 15.1. The van der Waals surface area contributed by atoms with E-state index in [-0.39, 0.29) is 6.54 Å². The highest BCUT2D eigenvalue weighted by atomic mass is 19.4. The molecule has 164 valence electrons. The van der Waals surface area contributed by atoms with Crippen molar-refractivity contribution in [2.24, 2.45) is 5.41 Å². The van der Waals surface area contributed by atoms with Gasteiger partial charge in [-0.15, -0.1) is 0 Å². The summed E-state index contributed by atoms with van der Waals surface area (Å²) in [4.78, 5) is 12.5. The number of halogens is 3. The number of ether oxygens (including phenoxy) is 1. The van der Waals surface area contributed by atoms with E-state index in [2.05, 4.69) is 11.3 Å². The summed E-state index contributed by atoms with van der Waals surface area (Å²) in [6.45, 7) is 5.89. The second-order valence-electron chi connectivity index (χ2n) is 8.28. The van der Waals surface area contributed by atoms with Crippen molar-refractivity contribution in [3.05, 3.63) is 79.1 Å². The maximum absolute atomic E-state index is 12.7. The average molecular weight is 438 g/mol. The molecule has 0 amide bonds. The van der Waals surface area contributed by atoms with Crippen LogP contribution in [0, 0.1) is 5.41 Å². The van der Waals surface area contributed by atoms with Gasteiger partial charge in [-0.2, -0.15) is 18.3 Å². The molecule has 1 aromatic heterocycles. The summed E-state index contributed by atoms with van der Waals surface area (Å²) in [5.74, 6) is -2.55. The van der Waals surface area contributed by atoms with Crippen molar-refractivity contribution in [2.45, 2.75) is 26.6 Å². The second-order valence-corrected chi connectivity index (χ2v) is 8.28.